The van der Waals surface area contributed by atoms with Crippen LogP contribution in [0.3, 0.4) is 0 Å². The fraction of sp³-hybridized carbons (Fsp3) is 0.286. The second kappa shape index (κ2) is 8.55. The van der Waals surface area contributed by atoms with Crippen LogP contribution in [0.1, 0.15) is 15.9 Å². The summed E-state index contributed by atoms with van der Waals surface area (Å²) < 4.78 is 14.7. The molecule has 6 nitrogen and oxygen atoms in total. The van der Waals surface area contributed by atoms with E-state index in [9.17, 15) is 9.18 Å². The molecular weight excluding hydrogens is 389 g/mol. The van der Waals surface area contributed by atoms with Gasteiger partial charge in [-0.15, -0.1) is 0 Å². The zero-order chi connectivity index (χ0) is 20.2. The summed E-state index contributed by atoms with van der Waals surface area (Å²) in [6.07, 6.45) is 0. The molecule has 1 aliphatic heterocycles. The molecule has 3 aromatic rings. The Balaban J connectivity index is 1.25. The summed E-state index contributed by atoms with van der Waals surface area (Å²) in [4.78, 5) is 21.1. The standard InChI is InChI=1S/C21H20FN5OS/c22-17-2-1-3-18-19(17)25-21(29-18)27-12-10-26(11-13-27)9-8-24-20(28)16-6-4-15(14-23)5-7-16/h1-7H,8-13H2,(H,24,28). The molecule has 1 aliphatic rings. The number of nitrogens with zero attached hydrogens (tertiary/aromatic N) is 4. The number of aromatic nitrogens is 1. The van der Waals surface area contributed by atoms with Crippen molar-refractivity contribution in [2.24, 2.45) is 0 Å². The lowest BCUT2D eigenvalue weighted by atomic mass is 10.1. The van der Waals surface area contributed by atoms with Gasteiger partial charge in [0.15, 0.2) is 5.13 Å². The third kappa shape index (κ3) is 4.36. The second-order valence-corrected chi connectivity index (χ2v) is 7.87. The maximum absolute atomic E-state index is 13.9. The summed E-state index contributed by atoms with van der Waals surface area (Å²) in [5, 5.41) is 12.6. The highest BCUT2D eigenvalue weighted by atomic mass is 32.1. The smallest absolute Gasteiger partial charge is 0.251 e. The first-order valence-corrected chi connectivity index (χ1v) is 10.3. The van der Waals surface area contributed by atoms with Crippen LogP contribution in [-0.4, -0.2) is 55.1 Å². The molecule has 1 amide bonds. The minimum atomic E-state index is -0.276. The number of anilines is 1. The molecule has 0 radical (unpaired) electrons. The number of hydrogen-bond donors (Lipinski definition) is 1. The Bertz CT molecular complexity index is 1050. The van der Waals surface area contributed by atoms with Crippen LogP contribution in [0.25, 0.3) is 10.2 Å². The van der Waals surface area contributed by atoms with E-state index in [1.165, 1.54) is 17.4 Å². The van der Waals surface area contributed by atoms with Gasteiger partial charge in [-0.1, -0.05) is 17.4 Å². The first-order chi connectivity index (χ1) is 14.1. The summed E-state index contributed by atoms with van der Waals surface area (Å²) >= 11 is 1.52. The van der Waals surface area contributed by atoms with Gasteiger partial charge >= 0.3 is 0 Å². The highest BCUT2D eigenvalue weighted by Gasteiger charge is 2.20. The van der Waals surface area contributed by atoms with Gasteiger partial charge in [0.2, 0.25) is 0 Å². The van der Waals surface area contributed by atoms with Crippen LogP contribution in [0.5, 0.6) is 0 Å². The van der Waals surface area contributed by atoms with Crippen LogP contribution in [0.4, 0.5) is 9.52 Å². The minimum absolute atomic E-state index is 0.135. The van der Waals surface area contributed by atoms with Crippen LogP contribution < -0.4 is 10.2 Å². The van der Waals surface area contributed by atoms with Crippen molar-refractivity contribution in [2.45, 2.75) is 0 Å². The Hall–Kier alpha value is -3.02. The lowest BCUT2D eigenvalue weighted by Gasteiger charge is -2.34. The number of para-hydroxylation sites is 1. The molecule has 1 N–H and O–H groups in total. The Kier molecular flexibility index (Phi) is 5.69. The molecule has 0 aliphatic carbocycles. The Morgan fingerprint density at radius 3 is 2.62 bits per heavy atom. The molecule has 148 valence electrons. The van der Waals surface area contributed by atoms with Crippen LogP contribution in [-0.2, 0) is 0 Å². The Labute approximate surface area is 172 Å². The summed E-state index contributed by atoms with van der Waals surface area (Å²) in [6.45, 7) is 4.71. The topological polar surface area (TPSA) is 72.3 Å². The molecule has 0 spiro atoms. The highest BCUT2D eigenvalue weighted by molar-refractivity contribution is 7.22. The zero-order valence-corrected chi connectivity index (χ0v) is 16.6. The molecule has 0 unspecified atom stereocenters. The third-order valence-electron chi connectivity index (χ3n) is 4.99. The van der Waals surface area contributed by atoms with Crippen molar-refractivity contribution < 1.29 is 9.18 Å². The SMILES string of the molecule is N#Cc1ccc(C(=O)NCCN2CCN(c3nc4c(F)cccc4s3)CC2)cc1. The Morgan fingerprint density at radius 1 is 1.17 bits per heavy atom. The number of hydrogen-bond acceptors (Lipinski definition) is 6. The number of benzene rings is 2. The van der Waals surface area contributed by atoms with E-state index in [2.05, 4.69) is 20.1 Å². The summed E-state index contributed by atoms with van der Waals surface area (Å²) in [5.41, 5.74) is 1.53. The molecule has 1 fully saturated rings. The van der Waals surface area contributed by atoms with Crippen molar-refractivity contribution >= 4 is 32.6 Å². The van der Waals surface area contributed by atoms with Gasteiger partial charge in [-0.25, -0.2) is 9.37 Å². The first kappa shape index (κ1) is 19.3. The van der Waals surface area contributed by atoms with Gasteiger partial charge in [0.05, 0.1) is 16.3 Å². The number of piperazine rings is 1. The zero-order valence-electron chi connectivity index (χ0n) is 15.8. The number of nitrogens with one attached hydrogen (secondary N) is 1. The molecule has 1 aromatic heterocycles. The van der Waals surface area contributed by atoms with Crippen molar-refractivity contribution in [1.29, 1.82) is 5.26 Å². The number of carbonyl (C=O) groups is 1. The van der Waals surface area contributed by atoms with Crippen LogP contribution in [0.15, 0.2) is 42.5 Å². The van der Waals surface area contributed by atoms with E-state index in [0.29, 0.717) is 23.2 Å². The van der Waals surface area contributed by atoms with E-state index >= 15 is 0 Å². The fourth-order valence-corrected chi connectivity index (χ4v) is 4.36. The molecule has 4 rings (SSSR count). The molecule has 0 saturated carbocycles. The number of rotatable bonds is 5. The van der Waals surface area contributed by atoms with E-state index in [1.54, 1.807) is 30.3 Å². The monoisotopic (exact) mass is 409 g/mol. The van der Waals surface area contributed by atoms with Gasteiger partial charge in [-0.2, -0.15) is 5.26 Å². The molecule has 8 heteroatoms. The summed E-state index contributed by atoms with van der Waals surface area (Å²) in [5.74, 6) is -0.411. The van der Waals surface area contributed by atoms with Gasteiger partial charge in [0.25, 0.3) is 5.91 Å². The third-order valence-corrected chi connectivity index (χ3v) is 6.07. The van der Waals surface area contributed by atoms with Crippen molar-refractivity contribution in [3.05, 3.63) is 59.4 Å². The van der Waals surface area contributed by atoms with Gasteiger partial charge in [0.1, 0.15) is 11.3 Å². The normalized spacial score (nSPS) is 14.7. The largest absolute Gasteiger partial charge is 0.351 e. The van der Waals surface area contributed by atoms with E-state index < -0.39 is 0 Å². The lowest BCUT2D eigenvalue weighted by Crippen LogP contribution is -2.48. The number of thiazole rings is 1. The lowest BCUT2D eigenvalue weighted by molar-refractivity contribution is 0.0948. The van der Waals surface area contributed by atoms with Crippen LogP contribution in [0, 0.1) is 17.1 Å². The predicted molar refractivity (Wildman–Crippen MR) is 112 cm³/mol. The van der Waals surface area contributed by atoms with Crippen molar-refractivity contribution in [3.63, 3.8) is 0 Å². The van der Waals surface area contributed by atoms with Crippen LogP contribution >= 0.6 is 11.3 Å². The number of amides is 1. The van der Waals surface area contributed by atoms with Crippen molar-refractivity contribution in [3.8, 4) is 6.07 Å². The van der Waals surface area contributed by atoms with Crippen LogP contribution in [0.2, 0.25) is 0 Å². The maximum Gasteiger partial charge on any atom is 0.251 e. The number of halogens is 1. The van der Waals surface area contributed by atoms with E-state index in [0.717, 1.165) is 42.6 Å². The quantitative estimate of drug-likeness (QED) is 0.702. The Morgan fingerprint density at radius 2 is 1.93 bits per heavy atom. The first-order valence-electron chi connectivity index (χ1n) is 9.45. The minimum Gasteiger partial charge on any atom is -0.351 e. The average molecular weight is 409 g/mol. The molecule has 2 aromatic carbocycles. The molecule has 1 saturated heterocycles. The van der Waals surface area contributed by atoms with E-state index in [1.807, 2.05) is 12.1 Å². The van der Waals surface area contributed by atoms with Crippen molar-refractivity contribution in [1.82, 2.24) is 15.2 Å². The number of fused-ring (bicyclic) bond motifs is 1. The fourth-order valence-electron chi connectivity index (χ4n) is 3.33. The molecule has 0 bridgehead atoms. The number of nitriles is 1. The summed E-state index contributed by atoms with van der Waals surface area (Å²) in [6, 6.07) is 13.7. The predicted octanol–water partition coefficient (Wildman–Crippen LogP) is 2.86. The van der Waals surface area contributed by atoms with Crippen molar-refractivity contribution in [2.75, 3.05) is 44.2 Å². The number of carbonyl (C=O) groups excluding carboxylic acids is 1. The highest BCUT2D eigenvalue weighted by Crippen LogP contribution is 2.30. The second-order valence-electron chi connectivity index (χ2n) is 6.86. The van der Waals surface area contributed by atoms with Gasteiger partial charge in [0, 0.05) is 44.8 Å². The van der Waals surface area contributed by atoms with E-state index in [4.69, 9.17) is 5.26 Å². The van der Waals surface area contributed by atoms with Gasteiger partial charge in [-0.3, -0.25) is 9.69 Å². The molecule has 29 heavy (non-hydrogen) atoms. The molecule has 0 atom stereocenters. The van der Waals surface area contributed by atoms with Gasteiger partial charge < -0.3 is 10.2 Å². The van der Waals surface area contributed by atoms with E-state index in [-0.39, 0.29) is 11.7 Å². The average Bonchev–Trinajstić information content (AvgIpc) is 3.20. The summed E-state index contributed by atoms with van der Waals surface area (Å²) in [7, 11) is 0. The van der Waals surface area contributed by atoms with Gasteiger partial charge in [-0.05, 0) is 36.4 Å². The molecule has 2 heterocycles. The molecular formula is C21H20FN5OS. The maximum atomic E-state index is 13.9.